The Morgan fingerprint density at radius 1 is 1.44 bits per heavy atom. The van der Waals surface area contributed by atoms with Crippen LogP contribution in [0.25, 0.3) is 0 Å². The molecule has 0 amide bonds. The van der Waals surface area contributed by atoms with E-state index in [-0.39, 0.29) is 0 Å². The van der Waals surface area contributed by atoms with E-state index in [1.54, 1.807) is 17.5 Å². The number of anilines is 1. The number of hydrogen-bond donors (Lipinski definition) is 1. The fraction of sp³-hybridized carbons (Fsp3) is 0.200. The summed E-state index contributed by atoms with van der Waals surface area (Å²) in [6.45, 7) is 0.801. The lowest BCUT2D eigenvalue weighted by Gasteiger charge is -1.99. The van der Waals surface area contributed by atoms with E-state index in [9.17, 15) is 0 Å². The van der Waals surface area contributed by atoms with Crippen LogP contribution in [0.15, 0.2) is 18.3 Å². The van der Waals surface area contributed by atoms with Crippen LogP contribution in [-0.2, 0) is 6.42 Å². The van der Waals surface area contributed by atoms with E-state index < -0.39 is 0 Å². The lowest BCUT2D eigenvalue weighted by molar-refractivity contribution is 1.04. The van der Waals surface area contributed by atoms with Crippen molar-refractivity contribution in [3.63, 3.8) is 0 Å². The summed E-state index contributed by atoms with van der Waals surface area (Å²) in [6.07, 6.45) is 2.49. The first-order chi connectivity index (χ1) is 7.78. The van der Waals surface area contributed by atoms with Crippen LogP contribution in [0.2, 0.25) is 4.34 Å². The van der Waals surface area contributed by atoms with Crippen LogP contribution in [-0.4, -0.2) is 11.5 Å². The second kappa shape index (κ2) is 5.30. The summed E-state index contributed by atoms with van der Waals surface area (Å²) in [5.74, 6) is 0. The quantitative estimate of drug-likeness (QED) is 0.926. The SMILES string of the molecule is N#Cc1cnc(NCCc2ccc(Cl)s2)s1. The fourth-order valence-electron chi connectivity index (χ4n) is 1.19. The molecule has 3 nitrogen and oxygen atoms in total. The van der Waals surface area contributed by atoms with E-state index in [0.29, 0.717) is 4.88 Å². The van der Waals surface area contributed by atoms with Crippen molar-refractivity contribution in [1.29, 1.82) is 5.26 Å². The monoisotopic (exact) mass is 269 g/mol. The summed E-state index contributed by atoms with van der Waals surface area (Å²) in [5, 5.41) is 12.6. The average molecular weight is 270 g/mol. The zero-order chi connectivity index (χ0) is 11.4. The predicted molar refractivity (Wildman–Crippen MR) is 68.4 cm³/mol. The van der Waals surface area contributed by atoms with Gasteiger partial charge in [-0.25, -0.2) is 4.98 Å². The zero-order valence-electron chi connectivity index (χ0n) is 8.24. The third-order valence-electron chi connectivity index (χ3n) is 1.89. The summed E-state index contributed by atoms with van der Waals surface area (Å²) < 4.78 is 0.816. The van der Waals surface area contributed by atoms with E-state index in [1.165, 1.54) is 16.2 Å². The predicted octanol–water partition coefficient (Wildman–Crippen LogP) is 3.38. The minimum Gasteiger partial charge on any atom is -0.361 e. The Kier molecular flexibility index (Phi) is 3.78. The van der Waals surface area contributed by atoms with Gasteiger partial charge < -0.3 is 5.32 Å². The lowest BCUT2D eigenvalue weighted by atomic mass is 10.3. The Labute approximate surface area is 106 Å². The van der Waals surface area contributed by atoms with Crippen molar-refractivity contribution < 1.29 is 0 Å². The molecule has 0 saturated heterocycles. The molecular weight excluding hydrogens is 262 g/mol. The van der Waals surface area contributed by atoms with Gasteiger partial charge in [0.2, 0.25) is 0 Å². The number of nitrogens with zero attached hydrogens (tertiary/aromatic N) is 2. The zero-order valence-corrected chi connectivity index (χ0v) is 10.6. The van der Waals surface area contributed by atoms with Gasteiger partial charge in [0.25, 0.3) is 0 Å². The summed E-state index contributed by atoms with van der Waals surface area (Å²) in [4.78, 5) is 5.96. The smallest absolute Gasteiger partial charge is 0.183 e. The number of thiazole rings is 1. The molecule has 2 heterocycles. The Morgan fingerprint density at radius 3 is 2.94 bits per heavy atom. The molecule has 0 aliphatic rings. The van der Waals surface area contributed by atoms with Crippen molar-refractivity contribution in [3.8, 4) is 6.07 Å². The number of hydrogen-bond acceptors (Lipinski definition) is 5. The van der Waals surface area contributed by atoms with E-state index in [1.807, 2.05) is 12.1 Å². The average Bonchev–Trinajstić information content (AvgIpc) is 2.88. The van der Waals surface area contributed by atoms with E-state index in [2.05, 4.69) is 16.4 Å². The van der Waals surface area contributed by atoms with Gasteiger partial charge in [0.05, 0.1) is 10.5 Å². The topological polar surface area (TPSA) is 48.7 Å². The largest absolute Gasteiger partial charge is 0.361 e. The Bertz CT molecular complexity index is 512. The van der Waals surface area contributed by atoms with Gasteiger partial charge in [0.15, 0.2) is 5.13 Å². The number of thiophene rings is 1. The first-order valence-corrected chi connectivity index (χ1v) is 6.63. The molecule has 0 fully saturated rings. The molecule has 0 aliphatic heterocycles. The van der Waals surface area contributed by atoms with Gasteiger partial charge in [-0.2, -0.15) is 5.26 Å². The first-order valence-electron chi connectivity index (χ1n) is 4.62. The summed E-state index contributed by atoms with van der Waals surface area (Å²) >= 11 is 8.79. The standard InChI is InChI=1S/C10H8ClN3S2/c11-9-2-1-7(15-9)3-4-13-10-14-6-8(5-12)16-10/h1-2,6H,3-4H2,(H,13,14). The summed E-state index contributed by atoms with van der Waals surface area (Å²) in [5.41, 5.74) is 0. The van der Waals surface area contributed by atoms with Crippen molar-refractivity contribution in [2.75, 3.05) is 11.9 Å². The molecule has 0 aliphatic carbocycles. The van der Waals surface area contributed by atoms with E-state index in [4.69, 9.17) is 16.9 Å². The third kappa shape index (κ3) is 2.95. The molecule has 0 unspecified atom stereocenters. The van der Waals surface area contributed by atoms with Crippen molar-refractivity contribution in [1.82, 2.24) is 4.98 Å². The van der Waals surface area contributed by atoms with Crippen molar-refractivity contribution in [3.05, 3.63) is 32.4 Å². The maximum atomic E-state index is 8.64. The molecule has 0 spiro atoms. The van der Waals surface area contributed by atoms with E-state index >= 15 is 0 Å². The molecule has 0 radical (unpaired) electrons. The molecule has 1 N–H and O–H groups in total. The molecule has 82 valence electrons. The van der Waals surface area contributed by atoms with Crippen LogP contribution in [0.4, 0.5) is 5.13 Å². The highest BCUT2D eigenvalue weighted by Gasteiger charge is 2.01. The molecule has 0 atom stereocenters. The van der Waals surface area contributed by atoms with Crippen LogP contribution in [0, 0.1) is 11.3 Å². The number of aromatic nitrogens is 1. The van der Waals surface area contributed by atoms with Crippen LogP contribution in [0.1, 0.15) is 9.75 Å². The first kappa shape index (κ1) is 11.4. The van der Waals surface area contributed by atoms with E-state index in [0.717, 1.165) is 22.4 Å². The molecular formula is C10H8ClN3S2. The van der Waals surface area contributed by atoms with Gasteiger partial charge >= 0.3 is 0 Å². The third-order valence-corrected chi connectivity index (χ3v) is 4.04. The van der Waals surface area contributed by atoms with Crippen molar-refractivity contribution in [2.45, 2.75) is 6.42 Å². The molecule has 2 rings (SSSR count). The maximum Gasteiger partial charge on any atom is 0.183 e. The second-order valence-electron chi connectivity index (χ2n) is 3.02. The van der Waals surface area contributed by atoms with Crippen LogP contribution in [0.5, 0.6) is 0 Å². The van der Waals surface area contributed by atoms with Gasteiger partial charge in [-0.15, -0.1) is 11.3 Å². The van der Waals surface area contributed by atoms with Crippen molar-refractivity contribution >= 4 is 39.4 Å². The molecule has 0 aromatic carbocycles. The van der Waals surface area contributed by atoms with Crippen molar-refractivity contribution in [2.24, 2.45) is 0 Å². The maximum absolute atomic E-state index is 8.64. The van der Waals surface area contributed by atoms with Gasteiger partial charge in [-0.3, -0.25) is 0 Å². The Morgan fingerprint density at radius 2 is 2.31 bits per heavy atom. The highest BCUT2D eigenvalue weighted by Crippen LogP contribution is 2.22. The molecule has 16 heavy (non-hydrogen) atoms. The number of nitriles is 1. The summed E-state index contributed by atoms with van der Waals surface area (Å²) in [7, 11) is 0. The van der Waals surface area contributed by atoms with Crippen LogP contribution < -0.4 is 5.32 Å². The minimum atomic E-state index is 0.627. The van der Waals surface area contributed by atoms with Gasteiger partial charge in [-0.05, 0) is 18.6 Å². The fourth-order valence-corrected chi connectivity index (χ4v) is 2.91. The second-order valence-corrected chi connectivity index (χ2v) is 5.85. The van der Waals surface area contributed by atoms with Gasteiger partial charge in [0.1, 0.15) is 10.9 Å². The molecule has 6 heteroatoms. The van der Waals surface area contributed by atoms with Crippen LogP contribution in [0.3, 0.4) is 0 Å². The normalized spacial score (nSPS) is 10.0. The van der Waals surface area contributed by atoms with Gasteiger partial charge in [-0.1, -0.05) is 22.9 Å². The molecule has 2 aromatic heterocycles. The number of nitrogens with one attached hydrogen (secondary N) is 1. The highest BCUT2D eigenvalue weighted by atomic mass is 35.5. The minimum absolute atomic E-state index is 0.627. The lowest BCUT2D eigenvalue weighted by Crippen LogP contribution is -2.02. The molecule has 0 bridgehead atoms. The van der Waals surface area contributed by atoms with Gasteiger partial charge in [0, 0.05) is 11.4 Å². The Hall–Kier alpha value is -1.09. The number of halogens is 1. The molecule has 2 aromatic rings. The molecule has 0 saturated carbocycles. The Balaban J connectivity index is 1.82. The highest BCUT2D eigenvalue weighted by molar-refractivity contribution is 7.16. The number of rotatable bonds is 4. The summed E-state index contributed by atoms with van der Waals surface area (Å²) in [6, 6.07) is 5.99. The van der Waals surface area contributed by atoms with Crippen LogP contribution >= 0.6 is 34.3 Å².